The second-order valence-corrected chi connectivity index (χ2v) is 5.39. The number of anilines is 1. The van der Waals surface area contributed by atoms with Crippen LogP contribution in [-0.4, -0.2) is 24.3 Å². The van der Waals surface area contributed by atoms with Gasteiger partial charge in [0.1, 0.15) is 0 Å². The molecular weight excluding hydrogens is 286 g/mol. The molecule has 0 spiro atoms. The SMILES string of the molecule is [N-]=[N+]=C1C=C(CCC=S(=O)=O)C(Nc2ccccc2)=CC1. The molecule has 0 heterocycles. The molecule has 0 saturated heterocycles. The molecule has 0 atom stereocenters. The molecule has 1 aliphatic carbocycles. The summed E-state index contributed by atoms with van der Waals surface area (Å²) in [4.78, 5) is 3.22. The first-order valence-corrected chi connectivity index (χ1v) is 7.68. The van der Waals surface area contributed by atoms with Crippen LogP contribution < -0.4 is 5.32 Å². The van der Waals surface area contributed by atoms with Crippen molar-refractivity contribution in [3.8, 4) is 0 Å². The lowest BCUT2D eigenvalue weighted by molar-refractivity contribution is -0.00548. The summed E-state index contributed by atoms with van der Waals surface area (Å²) in [7, 11) is -2.15. The average molecular weight is 301 g/mol. The first-order valence-electron chi connectivity index (χ1n) is 6.54. The summed E-state index contributed by atoms with van der Waals surface area (Å²) >= 11 is 0. The van der Waals surface area contributed by atoms with Gasteiger partial charge in [-0.1, -0.05) is 18.2 Å². The summed E-state index contributed by atoms with van der Waals surface area (Å²) in [6, 6.07) is 9.71. The Morgan fingerprint density at radius 3 is 2.71 bits per heavy atom. The molecule has 0 fully saturated rings. The highest BCUT2D eigenvalue weighted by atomic mass is 32.2. The number of hydrogen-bond acceptors (Lipinski definition) is 3. The number of allylic oxidation sites excluding steroid dienone is 3. The van der Waals surface area contributed by atoms with Gasteiger partial charge in [-0.15, -0.1) is 0 Å². The minimum absolute atomic E-state index is 0.411. The zero-order valence-electron chi connectivity index (χ0n) is 11.4. The van der Waals surface area contributed by atoms with Crippen molar-refractivity contribution in [3.05, 3.63) is 59.3 Å². The predicted octanol–water partition coefficient (Wildman–Crippen LogP) is 2.44. The molecule has 0 saturated carbocycles. The summed E-state index contributed by atoms with van der Waals surface area (Å²) in [5, 5.41) is 4.53. The van der Waals surface area contributed by atoms with Gasteiger partial charge in [-0.05, 0) is 36.6 Å². The van der Waals surface area contributed by atoms with E-state index in [4.69, 9.17) is 5.53 Å². The van der Waals surface area contributed by atoms with E-state index in [0.717, 1.165) is 17.0 Å². The van der Waals surface area contributed by atoms with E-state index in [1.165, 1.54) is 5.37 Å². The molecule has 0 radical (unpaired) electrons. The van der Waals surface area contributed by atoms with Gasteiger partial charge in [-0.2, -0.15) is 13.2 Å². The lowest BCUT2D eigenvalue weighted by atomic mass is 9.98. The van der Waals surface area contributed by atoms with E-state index < -0.39 is 10.3 Å². The number of hydrogen-bond donors (Lipinski definition) is 1. The second-order valence-electron chi connectivity index (χ2n) is 4.54. The largest absolute Gasteiger partial charge is 0.361 e. The van der Waals surface area contributed by atoms with Crippen molar-refractivity contribution >= 4 is 27.1 Å². The smallest absolute Gasteiger partial charge is 0.296 e. The fraction of sp³-hybridized carbons (Fsp3) is 0.200. The highest BCUT2D eigenvalue weighted by molar-refractivity contribution is 7.71. The van der Waals surface area contributed by atoms with Crippen LogP contribution in [0.2, 0.25) is 0 Å². The maximum atomic E-state index is 10.6. The van der Waals surface area contributed by atoms with Crippen LogP contribution in [0.15, 0.2) is 53.8 Å². The van der Waals surface area contributed by atoms with Crippen LogP contribution in [-0.2, 0) is 10.3 Å². The third kappa shape index (κ3) is 4.56. The molecule has 0 amide bonds. The Morgan fingerprint density at radius 1 is 1.29 bits per heavy atom. The van der Waals surface area contributed by atoms with Gasteiger partial charge < -0.3 is 10.8 Å². The summed E-state index contributed by atoms with van der Waals surface area (Å²) in [6.45, 7) is 0. The van der Waals surface area contributed by atoms with Crippen LogP contribution in [0, 0.1) is 0 Å². The van der Waals surface area contributed by atoms with Crippen LogP contribution in [0.1, 0.15) is 19.3 Å². The van der Waals surface area contributed by atoms with Crippen LogP contribution in [0.25, 0.3) is 5.53 Å². The van der Waals surface area contributed by atoms with Crippen molar-refractivity contribution in [1.82, 2.24) is 0 Å². The van der Waals surface area contributed by atoms with E-state index >= 15 is 0 Å². The van der Waals surface area contributed by atoms with Gasteiger partial charge in [0.05, 0.1) is 6.42 Å². The molecule has 0 aliphatic heterocycles. The van der Waals surface area contributed by atoms with Crippen LogP contribution in [0.4, 0.5) is 5.69 Å². The summed E-state index contributed by atoms with van der Waals surface area (Å²) in [6.07, 6.45) is 5.22. The standard InChI is InChI=1S/C15H15N3O2S/c16-18-14-8-9-15(17-13-6-2-1-3-7-13)12(11-14)5-4-10-21(19)20/h1-3,6-7,9-11,17H,4-5,8H2. The molecule has 0 aromatic heterocycles. The average Bonchev–Trinajstić information content (AvgIpc) is 2.49. The molecule has 6 heteroatoms. The van der Waals surface area contributed by atoms with Gasteiger partial charge in [0.25, 0.3) is 5.71 Å². The zero-order valence-corrected chi connectivity index (χ0v) is 12.2. The molecule has 2 rings (SSSR count). The minimum atomic E-state index is -2.15. The molecule has 1 aromatic rings. The maximum absolute atomic E-state index is 10.6. The van der Waals surface area contributed by atoms with Gasteiger partial charge in [0.15, 0.2) is 0 Å². The number of nitrogens with zero attached hydrogens (tertiary/aromatic N) is 2. The van der Waals surface area contributed by atoms with Crippen molar-refractivity contribution in [3.63, 3.8) is 0 Å². The van der Waals surface area contributed by atoms with E-state index in [0.29, 0.717) is 25.0 Å². The second kappa shape index (κ2) is 7.38. The summed E-state index contributed by atoms with van der Waals surface area (Å²) < 4.78 is 21.1. The normalized spacial score (nSPS) is 13.8. The topological polar surface area (TPSA) is 82.6 Å². The first kappa shape index (κ1) is 15.0. The van der Waals surface area contributed by atoms with Gasteiger partial charge in [0, 0.05) is 22.8 Å². The fourth-order valence-corrected chi connectivity index (χ4v) is 2.38. The quantitative estimate of drug-likeness (QED) is 0.515. The first-order chi connectivity index (χ1) is 10.2. The Balaban J connectivity index is 2.18. The van der Waals surface area contributed by atoms with E-state index in [-0.39, 0.29) is 0 Å². The Hall–Kier alpha value is -2.43. The molecule has 108 valence electrons. The minimum Gasteiger partial charge on any atom is -0.361 e. The fourth-order valence-electron chi connectivity index (χ4n) is 2.07. The predicted molar refractivity (Wildman–Crippen MR) is 83.7 cm³/mol. The van der Waals surface area contributed by atoms with Crippen molar-refractivity contribution < 1.29 is 13.2 Å². The maximum Gasteiger partial charge on any atom is 0.296 e. The molecule has 1 N–H and O–H groups in total. The van der Waals surface area contributed by atoms with Crippen LogP contribution in [0.3, 0.4) is 0 Å². The molecule has 0 bridgehead atoms. The third-order valence-electron chi connectivity index (χ3n) is 3.05. The summed E-state index contributed by atoms with van der Waals surface area (Å²) in [5.74, 6) is 0. The van der Waals surface area contributed by atoms with Gasteiger partial charge in [-0.3, -0.25) is 0 Å². The zero-order chi connectivity index (χ0) is 15.1. The third-order valence-corrected chi connectivity index (χ3v) is 3.56. The Morgan fingerprint density at radius 2 is 2.05 bits per heavy atom. The van der Waals surface area contributed by atoms with Crippen molar-refractivity contribution in [2.24, 2.45) is 0 Å². The van der Waals surface area contributed by atoms with E-state index in [1.54, 1.807) is 6.08 Å². The molecule has 1 aromatic carbocycles. The molecule has 0 unspecified atom stereocenters. The number of nitrogens with one attached hydrogen (secondary N) is 1. The van der Waals surface area contributed by atoms with E-state index in [2.05, 4.69) is 10.1 Å². The Kier molecular flexibility index (Phi) is 5.26. The van der Waals surface area contributed by atoms with Gasteiger partial charge in [-0.25, -0.2) is 0 Å². The lowest BCUT2D eigenvalue weighted by Crippen LogP contribution is -2.11. The Labute approximate surface area is 124 Å². The van der Waals surface area contributed by atoms with Crippen molar-refractivity contribution in [2.75, 3.05) is 5.32 Å². The highest BCUT2D eigenvalue weighted by Gasteiger charge is 2.16. The molecule has 5 nitrogen and oxygen atoms in total. The van der Waals surface area contributed by atoms with Crippen LogP contribution >= 0.6 is 0 Å². The van der Waals surface area contributed by atoms with Gasteiger partial charge >= 0.3 is 0 Å². The van der Waals surface area contributed by atoms with Crippen molar-refractivity contribution in [1.29, 1.82) is 0 Å². The number of para-hydroxylation sites is 1. The number of benzene rings is 1. The summed E-state index contributed by atoms with van der Waals surface area (Å²) in [5.41, 5.74) is 12.2. The van der Waals surface area contributed by atoms with Crippen molar-refractivity contribution in [2.45, 2.75) is 19.3 Å². The number of rotatable bonds is 5. The monoisotopic (exact) mass is 301 g/mol. The molecule has 21 heavy (non-hydrogen) atoms. The van der Waals surface area contributed by atoms with E-state index in [9.17, 15) is 8.42 Å². The molecule has 1 aliphatic rings. The van der Waals surface area contributed by atoms with Crippen LogP contribution in [0.5, 0.6) is 0 Å². The van der Waals surface area contributed by atoms with Gasteiger partial charge in [0.2, 0.25) is 10.3 Å². The molecular formula is C15H15N3O2S. The lowest BCUT2D eigenvalue weighted by Gasteiger charge is -2.16. The Bertz CT molecular complexity index is 747. The van der Waals surface area contributed by atoms with E-state index in [1.807, 2.05) is 36.4 Å². The highest BCUT2D eigenvalue weighted by Crippen LogP contribution is 2.23.